The fraction of sp³-hybridized carbons (Fsp3) is 0.400. The Kier molecular flexibility index (Phi) is 6.03. The lowest BCUT2D eigenvalue weighted by Crippen LogP contribution is -1.86. The number of benzene rings is 1. The highest BCUT2D eigenvalue weighted by atomic mass is 79.9. The van der Waals surface area contributed by atoms with Crippen molar-refractivity contribution in [2.24, 2.45) is 0 Å². The highest BCUT2D eigenvalue weighted by Gasteiger charge is 1.95. The first-order valence-corrected chi connectivity index (χ1v) is 4.89. The van der Waals surface area contributed by atoms with E-state index < -0.39 is 0 Å². The van der Waals surface area contributed by atoms with Gasteiger partial charge >= 0.3 is 0 Å². The first-order valence-electron chi connectivity index (χ1n) is 4.10. The van der Waals surface area contributed by atoms with E-state index in [1.165, 1.54) is 0 Å². The van der Waals surface area contributed by atoms with Crippen molar-refractivity contribution >= 4 is 15.9 Å². The molecule has 0 aliphatic heterocycles. The summed E-state index contributed by atoms with van der Waals surface area (Å²) in [6, 6.07) is 5.84. The lowest BCUT2D eigenvalue weighted by Gasteiger charge is -2.00. The molecule has 0 heterocycles. The quantitative estimate of drug-likeness (QED) is 0.786. The molecule has 12 heavy (non-hydrogen) atoms. The Labute approximate surface area is 82.6 Å². The van der Waals surface area contributed by atoms with Crippen LogP contribution in [0.5, 0.6) is 0 Å². The van der Waals surface area contributed by atoms with E-state index in [0.717, 1.165) is 15.6 Å². The van der Waals surface area contributed by atoms with Crippen LogP contribution in [-0.4, -0.2) is 5.11 Å². The molecule has 0 aromatic heterocycles. The average molecular weight is 231 g/mol. The minimum Gasteiger partial charge on any atom is -0.392 e. The molecule has 0 bridgehead atoms. The molecule has 1 N–H and O–H groups in total. The van der Waals surface area contributed by atoms with E-state index in [9.17, 15) is 0 Å². The molecular weight excluding hydrogens is 216 g/mol. The Morgan fingerprint density at radius 1 is 1.33 bits per heavy atom. The second-order valence-corrected chi connectivity index (χ2v) is 3.14. The number of aryl methyl sites for hydroxylation is 1. The first kappa shape index (κ1) is 11.7. The lowest BCUT2D eigenvalue weighted by molar-refractivity contribution is 0.281. The van der Waals surface area contributed by atoms with Gasteiger partial charge in [-0.25, -0.2) is 0 Å². The second-order valence-electron chi connectivity index (χ2n) is 2.23. The van der Waals surface area contributed by atoms with Gasteiger partial charge in [0.1, 0.15) is 0 Å². The van der Waals surface area contributed by atoms with Crippen molar-refractivity contribution in [2.75, 3.05) is 0 Å². The molecule has 0 saturated carbocycles. The molecule has 2 heteroatoms. The third-order valence-electron chi connectivity index (χ3n) is 1.47. The van der Waals surface area contributed by atoms with Crippen LogP contribution in [-0.2, 0) is 6.61 Å². The SMILES string of the molecule is CC.Cc1cc(Br)ccc1CO. The van der Waals surface area contributed by atoms with E-state index in [4.69, 9.17) is 5.11 Å². The van der Waals surface area contributed by atoms with Gasteiger partial charge in [0.15, 0.2) is 0 Å². The van der Waals surface area contributed by atoms with Crippen molar-refractivity contribution in [1.29, 1.82) is 0 Å². The highest BCUT2D eigenvalue weighted by molar-refractivity contribution is 9.10. The second kappa shape index (κ2) is 6.21. The Balaban J connectivity index is 0.000000561. The molecule has 1 rings (SSSR count). The summed E-state index contributed by atoms with van der Waals surface area (Å²) in [6.45, 7) is 6.11. The molecule has 0 aliphatic rings. The number of hydrogen-bond donors (Lipinski definition) is 1. The summed E-state index contributed by atoms with van der Waals surface area (Å²) in [4.78, 5) is 0. The topological polar surface area (TPSA) is 20.2 Å². The van der Waals surface area contributed by atoms with Crippen molar-refractivity contribution in [1.82, 2.24) is 0 Å². The zero-order valence-electron chi connectivity index (χ0n) is 7.76. The van der Waals surface area contributed by atoms with Gasteiger partial charge in [-0.2, -0.15) is 0 Å². The summed E-state index contributed by atoms with van der Waals surface area (Å²) in [5, 5.41) is 8.79. The Morgan fingerprint density at radius 3 is 2.33 bits per heavy atom. The van der Waals surface area contributed by atoms with Crippen LogP contribution in [0.3, 0.4) is 0 Å². The summed E-state index contributed by atoms with van der Waals surface area (Å²) in [5.41, 5.74) is 2.11. The van der Waals surface area contributed by atoms with E-state index >= 15 is 0 Å². The van der Waals surface area contributed by atoms with Gasteiger partial charge in [-0.3, -0.25) is 0 Å². The average Bonchev–Trinajstić information content (AvgIpc) is 2.08. The van der Waals surface area contributed by atoms with Gasteiger partial charge in [-0.05, 0) is 30.2 Å². The molecule has 0 amide bonds. The summed E-state index contributed by atoms with van der Waals surface area (Å²) in [6.07, 6.45) is 0. The third-order valence-corrected chi connectivity index (χ3v) is 1.97. The van der Waals surface area contributed by atoms with Crippen LogP contribution in [0, 0.1) is 6.92 Å². The maximum atomic E-state index is 8.79. The molecule has 0 aliphatic carbocycles. The minimum absolute atomic E-state index is 0.124. The number of aliphatic hydroxyl groups excluding tert-OH is 1. The molecule has 0 spiro atoms. The van der Waals surface area contributed by atoms with Gasteiger partial charge in [-0.1, -0.05) is 35.8 Å². The summed E-state index contributed by atoms with van der Waals surface area (Å²) < 4.78 is 1.06. The van der Waals surface area contributed by atoms with Crippen LogP contribution >= 0.6 is 15.9 Å². The van der Waals surface area contributed by atoms with Crippen molar-refractivity contribution in [3.05, 3.63) is 33.8 Å². The minimum atomic E-state index is 0.124. The predicted octanol–water partition coefficient (Wildman–Crippen LogP) is 3.28. The normalized spacial score (nSPS) is 8.75. The fourth-order valence-electron chi connectivity index (χ4n) is 0.837. The molecule has 0 fully saturated rings. The molecular formula is C10H15BrO. The van der Waals surface area contributed by atoms with Crippen molar-refractivity contribution in [2.45, 2.75) is 27.4 Å². The first-order chi connectivity index (χ1) is 5.74. The Bertz CT molecular complexity index is 233. The van der Waals surface area contributed by atoms with Gasteiger partial charge in [0, 0.05) is 4.47 Å². The summed E-state index contributed by atoms with van der Waals surface area (Å²) in [5.74, 6) is 0. The Morgan fingerprint density at radius 2 is 1.92 bits per heavy atom. The Hall–Kier alpha value is -0.340. The van der Waals surface area contributed by atoms with E-state index in [1.807, 2.05) is 39.0 Å². The highest BCUT2D eigenvalue weighted by Crippen LogP contribution is 2.15. The van der Waals surface area contributed by atoms with Crippen LogP contribution in [0.25, 0.3) is 0 Å². The molecule has 0 atom stereocenters. The molecule has 0 radical (unpaired) electrons. The number of aliphatic hydroxyl groups is 1. The maximum absolute atomic E-state index is 8.79. The monoisotopic (exact) mass is 230 g/mol. The molecule has 1 aromatic carbocycles. The van der Waals surface area contributed by atoms with E-state index in [-0.39, 0.29) is 6.61 Å². The summed E-state index contributed by atoms with van der Waals surface area (Å²) >= 11 is 3.34. The largest absolute Gasteiger partial charge is 0.392 e. The predicted molar refractivity (Wildman–Crippen MR) is 56.1 cm³/mol. The van der Waals surface area contributed by atoms with Gasteiger partial charge in [0.25, 0.3) is 0 Å². The van der Waals surface area contributed by atoms with Crippen LogP contribution < -0.4 is 0 Å². The number of halogens is 1. The van der Waals surface area contributed by atoms with Gasteiger partial charge in [0.05, 0.1) is 6.61 Å². The summed E-state index contributed by atoms with van der Waals surface area (Å²) in [7, 11) is 0. The smallest absolute Gasteiger partial charge is 0.0684 e. The van der Waals surface area contributed by atoms with Crippen LogP contribution in [0.1, 0.15) is 25.0 Å². The standard InChI is InChI=1S/C8H9BrO.C2H6/c1-6-4-8(9)3-2-7(6)5-10;1-2/h2-4,10H,5H2,1H3;1-2H3. The van der Waals surface area contributed by atoms with Crippen LogP contribution in [0.15, 0.2) is 22.7 Å². The van der Waals surface area contributed by atoms with Crippen molar-refractivity contribution < 1.29 is 5.11 Å². The molecule has 0 saturated heterocycles. The van der Waals surface area contributed by atoms with E-state index in [2.05, 4.69) is 15.9 Å². The van der Waals surface area contributed by atoms with Gasteiger partial charge < -0.3 is 5.11 Å². The molecule has 68 valence electrons. The zero-order valence-corrected chi connectivity index (χ0v) is 9.35. The zero-order chi connectivity index (χ0) is 9.56. The van der Waals surface area contributed by atoms with Crippen LogP contribution in [0.2, 0.25) is 0 Å². The van der Waals surface area contributed by atoms with Gasteiger partial charge in [0.2, 0.25) is 0 Å². The molecule has 0 unspecified atom stereocenters. The number of hydrogen-bond acceptors (Lipinski definition) is 1. The van der Waals surface area contributed by atoms with Crippen molar-refractivity contribution in [3.63, 3.8) is 0 Å². The maximum Gasteiger partial charge on any atom is 0.0684 e. The lowest BCUT2D eigenvalue weighted by atomic mass is 10.1. The van der Waals surface area contributed by atoms with Gasteiger partial charge in [-0.15, -0.1) is 0 Å². The van der Waals surface area contributed by atoms with E-state index in [0.29, 0.717) is 0 Å². The van der Waals surface area contributed by atoms with E-state index in [1.54, 1.807) is 0 Å². The fourth-order valence-corrected chi connectivity index (χ4v) is 1.31. The third kappa shape index (κ3) is 3.37. The van der Waals surface area contributed by atoms with Crippen molar-refractivity contribution in [3.8, 4) is 0 Å². The molecule has 1 aromatic rings. The molecule has 1 nitrogen and oxygen atoms in total. The van der Waals surface area contributed by atoms with Crippen LogP contribution in [0.4, 0.5) is 0 Å². The number of rotatable bonds is 1.